The van der Waals surface area contributed by atoms with E-state index in [4.69, 9.17) is 0 Å². The van der Waals surface area contributed by atoms with Gasteiger partial charge in [0.2, 0.25) is 0 Å². The Kier molecular flexibility index (Phi) is 18.1. The van der Waals surface area contributed by atoms with E-state index in [2.05, 4.69) is 20.8 Å². The van der Waals surface area contributed by atoms with Crippen molar-refractivity contribution in [3.8, 4) is 0 Å². The molecule has 1 unspecified atom stereocenters. The van der Waals surface area contributed by atoms with E-state index in [9.17, 15) is 0 Å². The molecule has 0 saturated heterocycles. The van der Waals surface area contributed by atoms with E-state index in [-0.39, 0.29) is 0 Å². The third-order valence-corrected chi connectivity index (χ3v) is 5.01. The minimum absolute atomic E-state index is 1.02. The van der Waals surface area contributed by atoms with Crippen LogP contribution in [-0.2, 0) is 0 Å². The van der Waals surface area contributed by atoms with Crippen molar-refractivity contribution >= 4 is 0 Å². The van der Waals surface area contributed by atoms with Gasteiger partial charge in [-0.15, -0.1) is 0 Å². The largest absolute Gasteiger partial charge is 0.0654 e. The van der Waals surface area contributed by atoms with Gasteiger partial charge in [0.1, 0.15) is 0 Å². The molecule has 0 amide bonds. The number of rotatable bonds is 17. The lowest BCUT2D eigenvalue weighted by Gasteiger charge is -2.14. The van der Waals surface area contributed by atoms with Crippen LogP contribution in [-0.4, -0.2) is 0 Å². The summed E-state index contributed by atoms with van der Waals surface area (Å²) in [6.07, 6.45) is 24.8. The van der Waals surface area contributed by atoms with Crippen molar-refractivity contribution in [2.75, 3.05) is 0 Å². The summed E-state index contributed by atoms with van der Waals surface area (Å²) in [6, 6.07) is 0. The molecule has 0 heteroatoms. The lowest BCUT2D eigenvalue weighted by Crippen LogP contribution is -1.99. The molecule has 21 heavy (non-hydrogen) atoms. The maximum Gasteiger partial charge on any atom is -0.0417 e. The molecule has 128 valence electrons. The fourth-order valence-corrected chi connectivity index (χ4v) is 3.33. The van der Waals surface area contributed by atoms with Gasteiger partial charge in [0.15, 0.2) is 0 Å². The Balaban J connectivity index is 3.19. The van der Waals surface area contributed by atoms with Crippen molar-refractivity contribution in [2.45, 2.75) is 130 Å². The Morgan fingerprint density at radius 3 is 1.19 bits per heavy atom. The highest BCUT2D eigenvalue weighted by atomic mass is 14.1. The average Bonchev–Trinajstić information content (AvgIpc) is 2.51. The maximum absolute atomic E-state index is 2.38. The average molecular weight is 297 g/mol. The smallest absolute Gasteiger partial charge is 0.0417 e. The molecule has 0 saturated carbocycles. The Bertz CT molecular complexity index is 173. The Morgan fingerprint density at radius 2 is 0.762 bits per heavy atom. The van der Waals surface area contributed by atoms with Crippen LogP contribution >= 0.6 is 0 Å². The predicted octanol–water partition coefficient (Wildman–Crippen LogP) is 8.29. The lowest BCUT2D eigenvalue weighted by atomic mass is 9.92. The molecular formula is C21H44. The number of hydrogen-bond acceptors (Lipinski definition) is 0. The molecule has 0 aromatic rings. The van der Waals surface area contributed by atoms with E-state index >= 15 is 0 Å². The van der Waals surface area contributed by atoms with Gasteiger partial charge in [-0.05, 0) is 5.92 Å². The molecule has 0 N–H and O–H groups in total. The van der Waals surface area contributed by atoms with Crippen LogP contribution in [0.1, 0.15) is 130 Å². The van der Waals surface area contributed by atoms with Crippen LogP contribution < -0.4 is 0 Å². The van der Waals surface area contributed by atoms with Gasteiger partial charge < -0.3 is 0 Å². The van der Waals surface area contributed by atoms with E-state index in [1.165, 1.54) is 109 Å². The second-order valence-corrected chi connectivity index (χ2v) is 7.09. The van der Waals surface area contributed by atoms with Crippen LogP contribution in [0.4, 0.5) is 0 Å². The molecule has 0 aromatic carbocycles. The van der Waals surface area contributed by atoms with Gasteiger partial charge in [-0.25, -0.2) is 0 Å². The van der Waals surface area contributed by atoms with Crippen LogP contribution in [0.3, 0.4) is 0 Å². The van der Waals surface area contributed by atoms with E-state index in [1.54, 1.807) is 0 Å². The zero-order valence-electron chi connectivity index (χ0n) is 15.6. The van der Waals surface area contributed by atoms with Crippen molar-refractivity contribution in [1.29, 1.82) is 0 Å². The summed E-state index contributed by atoms with van der Waals surface area (Å²) in [5.74, 6) is 1.02. The number of hydrogen-bond donors (Lipinski definition) is 0. The third-order valence-electron chi connectivity index (χ3n) is 5.01. The molecule has 0 aromatic heterocycles. The fraction of sp³-hybridized carbons (Fsp3) is 1.00. The highest BCUT2D eigenvalue weighted by Crippen LogP contribution is 2.21. The molecule has 0 rings (SSSR count). The summed E-state index contributed by atoms with van der Waals surface area (Å²) in [6.45, 7) is 6.99. The van der Waals surface area contributed by atoms with Crippen molar-refractivity contribution in [2.24, 2.45) is 5.92 Å². The minimum Gasteiger partial charge on any atom is -0.0654 e. The summed E-state index contributed by atoms with van der Waals surface area (Å²) >= 11 is 0. The molecule has 0 radical (unpaired) electrons. The second kappa shape index (κ2) is 18.1. The summed E-state index contributed by atoms with van der Waals surface area (Å²) in [5.41, 5.74) is 0. The molecule has 0 aliphatic heterocycles. The minimum atomic E-state index is 1.02. The van der Waals surface area contributed by atoms with Crippen LogP contribution in [0.2, 0.25) is 0 Å². The molecule has 0 fully saturated rings. The zero-order chi connectivity index (χ0) is 15.6. The zero-order valence-corrected chi connectivity index (χ0v) is 15.6. The first-order valence-corrected chi connectivity index (χ1v) is 10.3. The lowest BCUT2D eigenvalue weighted by molar-refractivity contribution is 0.395. The van der Waals surface area contributed by atoms with Crippen LogP contribution in [0.5, 0.6) is 0 Å². The maximum atomic E-state index is 2.38. The normalized spacial score (nSPS) is 12.7. The van der Waals surface area contributed by atoms with Crippen molar-refractivity contribution < 1.29 is 0 Å². The Hall–Kier alpha value is 0. The fourth-order valence-electron chi connectivity index (χ4n) is 3.33. The quantitative estimate of drug-likeness (QED) is 0.237. The second-order valence-electron chi connectivity index (χ2n) is 7.09. The molecule has 1 atom stereocenters. The highest BCUT2D eigenvalue weighted by molar-refractivity contribution is 4.58. The number of unbranched alkanes of at least 4 members (excludes halogenated alkanes) is 12. The van der Waals surface area contributed by atoms with Gasteiger partial charge in [0.05, 0.1) is 0 Å². The topological polar surface area (TPSA) is 0 Å². The highest BCUT2D eigenvalue weighted by Gasteiger charge is 2.05. The van der Waals surface area contributed by atoms with Crippen LogP contribution in [0, 0.1) is 5.92 Å². The molecular weight excluding hydrogens is 252 g/mol. The molecule has 0 aliphatic carbocycles. The first-order chi connectivity index (χ1) is 10.3. The Morgan fingerprint density at radius 1 is 0.429 bits per heavy atom. The molecule has 0 bridgehead atoms. The van der Waals surface area contributed by atoms with Gasteiger partial charge in [-0.3, -0.25) is 0 Å². The monoisotopic (exact) mass is 296 g/mol. The van der Waals surface area contributed by atoms with Crippen molar-refractivity contribution in [3.05, 3.63) is 0 Å². The predicted molar refractivity (Wildman–Crippen MR) is 99.0 cm³/mol. The van der Waals surface area contributed by atoms with Crippen molar-refractivity contribution in [3.63, 3.8) is 0 Å². The van der Waals surface area contributed by atoms with Crippen LogP contribution in [0.25, 0.3) is 0 Å². The van der Waals surface area contributed by atoms with Crippen LogP contribution in [0.15, 0.2) is 0 Å². The van der Waals surface area contributed by atoms with Crippen molar-refractivity contribution in [1.82, 2.24) is 0 Å². The first kappa shape index (κ1) is 21.0. The van der Waals surface area contributed by atoms with Gasteiger partial charge in [0, 0.05) is 0 Å². The summed E-state index contributed by atoms with van der Waals surface area (Å²) in [7, 11) is 0. The summed E-state index contributed by atoms with van der Waals surface area (Å²) < 4.78 is 0. The molecule has 0 nitrogen and oxygen atoms in total. The molecule has 0 spiro atoms. The first-order valence-electron chi connectivity index (χ1n) is 10.3. The van der Waals surface area contributed by atoms with Gasteiger partial charge in [-0.2, -0.15) is 0 Å². The van der Waals surface area contributed by atoms with E-state index in [1.807, 2.05) is 0 Å². The van der Waals surface area contributed by atoms with Gasteiger partial charge in [-0.1, -0.05) is 130 Å². The molecule has 0 aliphatic rings. The van der Waals surface area contributed by atoms with E-state index in [0.29, 0.717) is 0 Å². The van der Waals surface area contributed by atoms with Gasteiger partial charge in [0.25, 0.3) is 0 Å². The summed E-state index contributed by atoms with van der Waals surface area (Å²) in [4.78, 5) is 0. The SMILES string of the molecule is CCCCCCCCCCCCCC(CC)CCCCC. The Labute approximate surface area is 136 Å². The van der Waals surface area contributed by atoms with Gasteiger partial charge >= 0.3 is 0 Å². The third kappa shape index (κ3) is 16.2. The van der Waals surface area contributed by atoms with E-state index < -0.39 is 0 Å². The summed E-state index contributed by atoms with van der Waals surface area (Å²) in [5, 5.41) is 0. The molecule has 0 heterocycles. The standard InChI is InChI=1S/C21H44/c1-4-7-9-10-11-12-13-14-15-16-18-20-21(6-3)19-17-8-5-2/h21H,4-20H2,1-3H3. The van der Waals surface area contributed by atoms with E-state index in [0.717, 1.165) is 5.92 Å².